The van der Waals surface area contributed by atoms with E-state index in [2.05, 4.69) is 0 Å². The van der Waals surface area contributed by atoms with Crippen molar-refractivity contribution in [2.24, 2.45) is 0 Å². The van der Waals surface area contributed by atoms with Gasteiger partial charge in [-0.25, -0.2) is 4.79 Å². The number of benzene rings is 2. The van der Waals surface area contributed by atoms with Crippen LogP contribution in [0, 0.1) is 0 Å². The number of fused-ring (bicyclic) bond motifs is 1. The average Bonchev–Trinajstić information content (AvgIpc) is 2.60. The molecule has 0 aliphatic carbocycles. The number of para-hydroxylation sites is 2. The molecule has 3 rings (SSSR count). The van der Waals surface area contributed by atoms with E-state index >= 15 is 0 Å². The molecule has 0 spiro atoms. The molecule has 2 aromatic rings. The molecule has 0 saturated carbocycles. The van der Waals surface area contributed by atoms with Gasteiger partial charge in [-0.15, -0.1) is 0 Å². The lowest BCUT2D eigenvalue weighted by Gasteiger charge is -2.39. The molecule has 1 aliphatic rings. The normalized spacial score (nSPS) is 19.4. The van der Waals surface area contributed by atoms with Crippen LogP contribution in [0.1, 0.15) is 19.4 Å². The van der Waals surface area contributed by atoms with E-state index in [9.17, 15) is 9.59 Å². The highest BCUT2D eigenvalue weighted by atomic mass is 16.6. The number of ether oxygens (including phenoxy) is 2. The standard InChI is InChI=1S/C19H19NO4/c1-3-23-18(22)19(2)17(21)20(13-14-9-5-4-6-10-14)15-11-7-8-12-16(15)24-19/h4-12H,3,13H2,1-2H3/t19-/m1/s1. The van der Waals surface area contributed by atoms with E-state index in [0.29, 0.717) is 18.0 Å². The number of hydrogen-bond donors (Lipinski definition) is 0. The fraction of sp³-hybridized carbons (Fsp3) is 0.263. The number of carbonyl (C=O) groups is 2. The molecule has 0 unspecified atom stereocenters. The van der Waals surface area contributed by atoms with Crippen molar-refractivity contribution in [2.45, 2.75) is 26.0 Å². The molecule has 0 N–H and O–H groups in total. The number of esters is 1. The molecule has 5 heteroatoms. The number of nitrogens with zero attached hydrogens (tertiary/aromatic N) is 1. The van der Waals surface area contributed by atoms with Crippen LogP contribution in [0.5, 0.6) is 5.75 Å². The lowest BCUT2D eigenvalue weighted by atomic mass is 10.0. The molecular weight excluding hydrogens is 306 g/mol. The van der Waals surface area contributed by atoms with E-state index in [0.717, 1.165) is 5.56 Å². The van der Waals surface area contributed by atoms with E-state index in [4.69, 9.17) is 9.47 Å². The van der Waals surface area contributed by atoms with Gasteiger partial charge in [0.1, 0.15) is 5.75 Å². The summed E-state index contributed by atoms with van der Waals surface area (Å²) in [6.45, 7) is 3.70. The molecule has 1 heterocycles. The van der Waals surface area contributed by atoms with Crippen LogP contribution in [0.4, 0.5) is 5.69 Å². The Morgan fingerprint density at radius 3 is 2.50 bits per heavy atom. The molecule has 2 aromatic carbocycles. The van der Waals surface area contributed by atoms with Crippen molar-refractivity contribution in [2.75, 3.05) is 11.5 Å². The summed E-state index contributed by atoms with van der Waals surface area (Å²) in [4.78, 5) is 26.9. The molecule has 0 saturated heterocycles. The Kier molecular flexibility index (Phi) is 4.25. The Bertz CT molecular complexity index is 759. The first-order chi connectivity index (χ1) is 11.6. The number of amides is 1. The molecule has 1 amide bonds. The molecule has 24 heavy (non-hydrogen) atoms. The van der Waals surface area contributed by atoms with Crippen LogP contribution in [0.25, 0.3) is 0 Å². The smallest absolute Gasteiger partial charge is 0.360 e. The zero-order valence-electron chi connectivity index (χ0n) is 13.7. The highest BCUT2D eigenvalue weighted by Crippen LogP contribution is 2.38. The molecule has 1 aliphatic heterocycles. The van der Waals surface area contributed by atoms with E-state index < -0.39 is 17.5 Å². The highest BCUT2D eigenvalue weighted by Gasteiger charge is 2.51. The van der Waals surface area contributed by atoms with Crippen LogP contribution < -0.4 is 9.64 Å². The topological polar surface area (TPSA) is 55.8 Å². The van der Waals surface area contributed by atoms with Crippen molar-refractivity contribution in [3.05, 3.63) is 60.2 Å². The van der Waals surface area contributed by atoms with Crippen LogP contribution in [-0.4, -0.2) is 24.1 Å². The summed E-state index contributed by atoms with van der Waals surface area (Å²) in [6, 6.07) is 16.8. The van der Waals surface area contributed by atoms with Crippen LogP contribution >= 0.6 is 0 Å². The predicted molar refractivity (Wildman–Crippen MR) is 89.7 cm³/mol. The first-order valence-electron chi connectivity index (χ1n) is 7.87. The van der Waals surface area contributed by atoms with Crippen molar-refractivity contribution in [3.63, 3.8) is 0 Å². The second kappa shape index (κ2) is 6.35. The van der Waals surface area contributed by atoms with Crippen molar-refractivity contribution < 1.29 is 19.1 Å². The number of carbonyl (C=O) groups excluding carboxylic acids is 2. The van der Waals surface area contributed by atoms with Gasteiger partial charge in [-0.1, -0.05) is 42.5 Å². The van der Waals surface area contributed by atoms with Gasteiger partial charge in [0.05, 0.1) is 18.8 Å². The van der Waals surface area contributed by atoms with Gasteiger partial charge in [-0.05, 0) is 31.5 Å². The number of rotatable bonds is 4. The van der Waals surface area contributed by atoms with E-state index in [1.165, 1.54) is 6.92 Å². The third-order valence-electron chi connectivity index (χ3n) is 3.97. The Balaban J connectivity index is 2.02. The van der Waals surface area contributed by atoms with Crippen molar-refractivity contribution in [1.29, 1.82) is 0 Å². The van der Waals surface area contributed by atoms with Gasteiger partial charge < -0.3 is 14.4 Å². The predicted octanol–water partition coefficient (Wildman–Crippen LogP) is 2.93. The van der Waals surface area contributed by atoms with Gasteiger partial charge in [0.25, 0.3) is 11.5 Å². The van der Waals surface area contributed by atoms with E-state index in [1.807, 2.05) is 36.4 Å². The van der Waals surface area contributed by atoms with Crippen LogP contribution in [0.3, 0.4) is 0 Å². The fourth-order valence-electron chi connectivity index (χ4n) is 2.72. The number of anilines is 1. The molecule has 124 valence electrons. The molecule has 0 bridgehead atoms. The zero-order valence-corrected chi connectivity index (χ0v) is 13.7. The molecule has 0 aromatic heterocycles. The van der Waals surface area contributed by atoms with Gasteiger partial charge >= 0.3 is 5.97 Å². The summed E-state index contributed by atoms with van der Waals surface area (Å²) in [7, 11) is 0. The average molecular weight is 325 g/mol. The van der Waals surface area contributed by atoms with Crippen LogP contribution in [0.15, 0.2) is 54.6 Å². The summed E-state index contributed by atoms with van der Waals surface area (Å²) < 4.78 is 10.8. The van der Waals surface area contributed by atoms with Gasteiger partial charge in [0, 0.05) is 0 Å². The first-order valence-corrected chi connectivity index (χ1v) is 7.87. The lowest BCUT2D eigenvalue weighted by Crippen LogP contribution is -2.59. The fourth-order valence-corrected chi connectivity index (χ4v) is 2.72. The molecule has 0 radical (unpaired) electrons. The van der Waals surface area contributed by atoms with Crippen molar-refractivity contribution >= 4 is 17.6 Å². The summed E-state index contributed by atoms with van der Waals surface area (Å²) in [6.07, 6.45) is 0. The summed E-state index contributed by atoms with van der Waals surface area (Å²) >= 11 is 0. The van der Waals surface area contributed by atoms with E-state index in [1.54, 1.807) is 30.0 Å². The molecule has 1 atom stereocenters. The third kappa shape index (κ3) is 2.73. The van der Waals surface area contributed by atoms with Crippen molar-refractivity contribution in [3.8, 4) is 5.75 Å². The van der Waals surface area contributed by atoms with E-state index in [-0.39, 0.29) is 6.61 Å². The Morgan fingerprint density at radius 1 is 1.12 bits per heavy atom. The minimum absolute atomic E-state index is 0.186. The third-order valence-corrected chi connectivity index (χ3v) is 3.97. The molecular formula is C19H19NO4. The zero-order chi connectivity index (χ0) is 17.2. The minimum atomic E-state index is -1.68. The van der Waals surface area contributed by atoms with Crippen LogP contribution in [0.2, 0.25) is 0 Å². The second-order valence-electron chi connectivity index (χ2n) is 5.70. The maximum Gasteiger partial charge on any atom is 0.360 e. The second-order valence-corrected chi connectivity index (χ2v) is 5.70. The van der Waals surface area contributed by atoms with Crippen molar-refractivity contribution in [1.82, 2.24) is 0 Å². The summed E-state index contributed by atoms with van der Waals surface area (Å²) in [5.41, 5.74) is -0.0685. The lowest BCUT2D eigenvalue weighted by molar-refractivity contribution is -0.166. The Labute approximate surface area is 140 Å². The van der Waals surface area contributed by atoms with Gasteiger partial charge in [0.15, 0.2) is 0 Å². The Morgan fingerprint density at radius 2 is 1.79 bits per heavy atom. The highest BCUT2D eigenvalue weighted by molar-refractivity contribution is 6.15. The van der Waals surface area contributed by atoms with Gasteiger partial charge in [-0.3, -0.25) is 4.79 Å². The molecule has 0 fully saturated rings. The summed E-state index contributed by atoms with van der Waals surface area (Å²) in [5.74, 6) is -0.616. The maximum atomic E-state index is 13.0. The number of hydrogen-bond acceptors (Lipinski definition) is 4. The quantitative estimate of drug-likeness (QED) is 0.641. The summed E-state index contributed by atoms with van der Waals surface area (Å²) in [5, 5.41) is 0. The SMILES string of the molecule is CCOC(=O)[C@]1(C)Oc2ccccc2N(Cc2ccccc2)C1=O. The molecule has 5 nitrogen and oxygen atoms in total. The Hall–Kier alpha value is -2.82. The van der Waals surface area contributed by atoms with Gasteiger partial charge in [0.2, 0.25) is 0 Å². The monoisotopic (exact) mass is 325 g/mol. The van der Waals surface area contributed by atoms with Crippen LogP contribution in [-0.2, 0) is 20.9 Å². The maximum absolute atomic E-state index is 13.0. The minimum Gasteiger partial charge on any atom is -0.464 e. The van der Waals surface area contributed by atoms with Gasteiger partial charge in [-0.2, -0.15) is 0 Å². The largest absolute Gasteiger partial charge is 0.464 e. The first kappa shape index (κ1) is 16.1.